The zero-order valence-electron chi connectivity index (χ0n) is 10.0. The van der Waals surface area contributed by atoms with Crippen LogP contribution in [0.3, 0.4) is 0 Å². The van der Waals surface area contributed by atoms with Crippen molar-refractivity contribution in [3.63, 3.8) is 0 Å². The molecule has 1 aromatic carbocycles. The quantitative estimate of drug-likeness (QED) is 0.822. The van der Waals surface area contributed by atoms with E-state index in [1.165, 1.54) is 5.56 Å². The molecule has 1 aromatic rings. The monoisotopic (exact) mass is 250 g/mol. The van der Waals surface area contributed by atoms with E-state index in [0.29, 0.717) is 23.4 Å². The van der Waals surface area contributed by atoms with Crippen LogP contribution in [0.1, 0.15) is 12.5 Å². The molecule has 2 saturated heterocycles. The summed E-state index contributed by atoms with van der Waals surface area (Å²) in [5.74, 6) is 1.61. The highest BCUT2D eigenvalue weighted by molar-refractivity contribution is 7.99. The van der Waals surface area contributed by atoms with Gasteiger partial charge in [0.25, 0.3) is 0 Å². The Kier molecular flexibility index (Phi) is 3.41. The Hall–Kier alpha value is -0.510. The van der Waals surface area contributed by atoms with Crippen LogP contribution in [0.4, 0.5) is 0 Å². The molecule has 3 heteroatoms. The second-order valence-corrected chi connectivity index (χ2v) is 6.14. The predicted octanol–water partition coefficient (Wildman–Crippen LogP) is 2.72. The van der Waals surface area contributed by atoms with Gasteiger partial charge in [-0.1, -0.05) is 37.3 Å². The molecule has 2 heterocycles. The molecular formula is C14H18O2S. The maximum absolute atomic E-state index is 5.84. The maximum atomic E-state index is 5.84. The number of benzene rings is 1. The third-order valence-electron chi connectivity index (χ3n) is 3.56. The smallest absolute Gasteiger partial charge is 0.0980 e. The van der Waals surface area contributed by atoms with Crippen molar-refractivity contribution in [1.29, 1.82) is 0 Å². The molecule has 2 aliphatic rings. The summed E-state index contributed by atoms with van der Waals surface area (Å²) in [6, 6.07) is 10.6. The fourth-order valence-corrected chi connectivity index (χ4v) is 3.77. The Morgan fingerprint density at radius 1 is 1.12 bits per heavy atom. The lowest BCUT2D eigenvalue weighted by molar-refractivity contribution is 0.0660. The van der Waals surface area contributed by atoms with Gasteiger partial charge in [-0.15, -0.1) is 11.8 Å². The van der Waals surface area contributed by atoms with Crippen LogP contribution >= 0.6 is 11.8 Å². The van der Waals surface area contributed by atoms with Gasteiger partial charge >= 0.3 is 0 Å². The molecule has 2 fully saturated rings. The summed E-state index contributed by atoms with van der Waals surface area (Å²) in [5, 5.41) is 0.505. The summed E-state index contributed by atoms with van der Waals surface area (Å²) < 4.78 is 11.7. The van der Waals surface area contributed by atoms with E-state index in [-0.39, 0.29) is 0 Å². The Balaban J connectivity index is 1.57. The maximum Gasteiger partial charge on any atom is 0.0980 e. The summed E-state index contributed by atoms with van der Waals surface area (Å²) in [7, 11) is 0. The van der Waals surface area contributed by atoms with Gasteiger partial charge in [0.1, 0.15) is 0 Å². The van der Waals surface area contributed by atoms with Crippen molar-refractivity contribution < 1.29 is 9.47 Å². The molecule has 0 radical (unpaired) electrons. The van der Waals surface area contributed by atoms with Gasteiger partial charge < -0.3 is 9.47 Å². The van der Waals surface area contributed by atoms with Crippen LogP contribution in [-0.4, -0.2) is 30.7 Å². The highest BCUT2D eigenvalue weighted by Crippen LogP contribution is 2.37. The molecule has 4 unspecified atom stereocenters. The van der Waals surface area contributed by atoms with Gasteiger partial charge in [-0.2, -0.15) is 0 Å². The van der Waals surface area contributed by atoms with E-state index in [0.717, 1.165) is 19.0 Å². The molecule has 0 saturated carbocycles. The van der Waals surface area contributed by atoms with Crippen molar-refractivity contribution in [1.82, 2.24) is 0 Å². The highest BCUT2D eigenvalue weighted by Gasteiger charge is 2.45. The summed E-state index contributed by atoms with van der Waals surface area (Å²) >= 11 is 1.97. The van der Waals surface area contributed by atoms with Crippen molar-refractivity contribution in [2.75, 3.05) is 13.2 Å². The van der Waals surface area contributed by atoms with E-state index in [1.807, 2.05) is 11.8 Å². The van der Waals surface area contributed by atoms with Crippen LogP contribution in [0.15, 0.2) is 30.3 Å². The lowest BCUT2D eigenvalue weighted by Gasteiger charge is -2.15. The first-order valence-corrected chi connectivity index (χ1v) is 7.28. The first-order valence-electron chi connectivity index (χ1n) is 6.23. The molecule has 17 heavy (non-hydrogen) atoms. The molecule has 92 valence electrons. The van der Waals surface area contributed by atoms with Gasteiger partial charge in [-0.3, -0.25) is 0 Å². The SMILES string of the molecule is CC1COC2C(SCc3ccccc3)COC12. The van der Waals surface area contributed by atoms with Gasteiger partial charge in [0.2, 0.25) is 0 Å². The normalized spacial score (nSPS) is 36.1. The van der Waals surface area contributed by atoms with Crippen molar-refractivity contribution >= 4 is 11.8 Å². The van der Waals surface area contributed by atoms with Gasteiger partial charge in [-0.25, -0.2) is 0 Å². The molecule has 0 N–H and O–H groups in total. The topological polar surface area (TPSA) is 18.5 Å². The van der Waals surface area contributed by atoms with Crippen LogP contribution < -0.4 is 0 Å². The molecule has 0 aromatic heterocycles. The fourth-order valence-electron chi connectivity index (χ4n) is 2.58. The van der Waals surface area contributed by atoms with Gasteiger partial charge in [0.15, 0.2) is 0 Å². The molecule has 0 spiro atoms. The number of thioether (sulfide) groups is 1. The molecule has 0 bridgehead atoms. The highest BCUT2D eigenvalue weighted by atomic mass is 32.2. The molecule has 0 amide bonds. The zero-order chi connectivity index (χ0) is 11.7. The van der Waals surface area contributed by atoms with Gasteiger partial charge in [-0.05, 0) is 5.56 Å². The van der Waals surface area contributed by atoms with E-state index in [2.05, 4.69) is 37.3 Å². The summed E-state index contributed by atoms with van der Waals surface area (Å²) in [6.07, 6.45) is 0.655. The zero-order valence-corrected chi connectivity index (χ0v) is 10.9. The Bertz CT molecular complexity index is 368. The number of rotatable bonds is 3. The van der Waals surface area contributed by atoms with Crippen molar-refractivity contribution in [2.45, 2.75) is 30.1 Å². The van der Waals surface area contributed by atoms with Crippen LogP contribution in [-0.2, 0) is 15.2 Å². The van der Waals surface area contributed by atoms with Crippen LogP contribution in [0.2, 0.25) is 0 Å². The van der Waals surface area contributed by atoms with Crippen molar-refractivity contribution in [3.05, 3.63) is 35.9 Å². The lowest BCUT2D eigenvalue weighted by atomic mass is 10.0. The number of ether oxygens (including phenoxy) is 2. The summed E-state index contributed by atoms with van der Waals surface area (Å²) in [6.45, 7) is 3.92. The first kappa shape index (κ1) is 11.6. The van der Waals surface area contributed by atoms with E-state index in [9.17, 15) is 0 Å². The second-order valence-electron chi connectivity index (χ2n) is 4.91. The lowest BCUT2D eigenvalue weighted by Crippen LogP contribution is -2.26. The molecule has 0 aliphatic carbocycles. The van der Waals surface area contributed by atoms with Gasteiger partial charge in [0, 0.05) is 11.7 Å². The third-order valence-corrected chi connectivity index (χ3v) is 4.89. The molecular weight excluding hydrogens is 232 g/mol. The average Bonchev–Trinajstić information content (AvgIpc) is 2.92. The summed E-state index contributed by atoms with van der Waals surface area (Å²) in [5.41, 5.74) is 1.38. The molecule has 3 rings (SSSR count). The minimum Gasteiger partial charge on any atom is -0.374 e. The Morgan fingerprint density at radius 3 is 2.71 bits per heavy atom. The van der Waals surface area contributed by atoms with Crippen LogP contribution in [0.25, 0.3) is 0 Å². The van der Waals surface area contributed by atoms with Crippen molar-refractivity contribution in [3.8, 4) is 0 Å². The van der Waals surface area contributed by atoms with Crippen molar-refractivity contribution in [2.24, 2.45) is 5.92 Å². The van der Waals surface area contributed by atoms with Crippen LogP contribution in [0.5, 0.6) is 0 Å². The molecule has 2 nitrogen and oxygen atoms in total. The standard InChI is InChI=1S/C14H18O2S/c1-10-7-15-14-12(8-16-13(10)14)17-9-11-5-3-2-4-6-11/h2-6,10,12-14H,7-9H2,1H3. The predicted molar refractivity (Wildman–Crippen MR) is 70.2 cm³/mol. The number of hydrogen-bond donors (Lipinski definition) is 0. The minimum absolute atomic E-state index is 0.318. The van der Waals surface area contributed by atoms with Gasteiger partial charge in [0.05, 0.1) is 30.7 Å². The molecule has 4 atom stereocenters. The summed E-state index contributed by atoms with van der Waals surface area (Å²) in [4.78, 5) is 0. The second kappa shape index (κ2) is 5.01. The largest absolute Gasteiger partial charge is 0.374 e. The van der Waals surface area contributed by atoms with E-state index in [1.54, 1.807) is 0 Å². The minimum atomic E-state index is 0.318. The molecule has 2 aliphatic heterocycles. The first-order chi connectivity index (χ1) is 8.34. The van der Waals surface area contributed by atoms with E-state index in [4.69, 9.17) is 9.47 Å². The average molecular weight is 250 g/mol. The van der Waals surface area contributed by atoms with E-state index < -0.39 is 0 Å². The Morgan fingerprint density at radius 2 is 1.88 bits per heavy atom. The Labute approximate surface area is 107 Å². The third kappa shape index (κ3) is 2.37. The number of hydrogen-bond acceptors (Lipinski definition) is 3. The number of fused-ring (bicyclic) bond motifs is 1. The fraction of sp³-hybridized carbons (Fsp3) is 0.571. The van der Waals surface area contributed by atoms with E-state index >= 15 is 0 Å². The van der Waals surface area contributed by atoms with Crippen LogP contribution in [0, 0.1) is 5.92 Å².